The number of imidazole rings is 1. The van der Waals surface area contributed by atoms with E-state index in [0.717, 1.165) is 21.1 Å². The van der Waals surface area contributed by atoms with Gasteiger partial charge in [0.25, 0.3) is 5.91 Å². The molecule has 0 unspecified atom stereocenters. The lowest BCUT2D eigenvalue weighted by Crippen LogP contribution is -2.39. The highest BCUT2D eigenvalue weighted by Gasteiger charge is 2.37. The Labute approximate surface area is 201 Å². The van der Waals surface area contributed by atoms with Crippen molar-refractivity contribution in [1.29, 1.82) is 0 Å². The summed E-state index contributed by atoms with van der Waals surface area (Å²) in [7, 11) is 0. The molecule has 7 nitrogen and oxygen atoms in total. The minimum absolute atomic E-state index is 0.0230. The maximum Gasteiger partial charge on any atom is 0.286 e. The highest BCUT2D eigenvalue weighted by Crippen LogP contribution is 2.39. The first-order chi connectivity index (χ1) is 16.1. The van der Waals surface area contributed by atoms with Gasteiger partial charge in [0.2, 0.25) is 6.29 Å². The molecule has 2 aromatic carbocycles. The number of aliphatic hydroxyl groups excluding tert-OH is 1. The molecular weight excluding hydrogens is 486 g/mol. The molecule has 0 radical (unpaired) electrons. The summed E-state index contributed by atoms with van der Waals surface area (Å²) in [5, 5.41) is 12.3. The first-order valence-corrected chi connectivity index (χ1v) is 12.0. The molecule has 0 fully saturated rings. The standard InChI is InChI=1S/C25H28BrN3O4/c1-2-32-25-18(6-5-13-30)19(16-9-11-17(26)12-10-16)14-22(33-25)24(31)27-15-23-28-20-7-3-4-8-21(20)29-23/h3-4,7-12,14,18-19,25,30H,2,5-6,13,15H2,1H3,(H,27,31)(H,28,29)/t18-,19+,25+/m0/s1. The number of nitrogens with zero attached hydrogens (tertiary/aromatic N) is 1. The van der Waals surface area contributed by atoms with Gasteiger partial charge in [0.1, 0.15) is 5.82 Å². The van der Waals surface area contributed by atoms with Crippen LogP contribution in [0.5, 0.6) is 0 Å². The van der Waals surface area contributed by atoms with Gasteiger partial charge in [0.05, 0.1) is 17.6 Å². The number of aliphatic hydroxyl groups is 1. The van der Waals surface area contributed by atoms with Crippen LogP contribution in [0, 0.1) is 5.92 Å². The van der Waals surface area contributed by atoms with Crippen molar-refractivity contribution < 1.29 is 19.4 Å². The zero-order valence-corrected chi connectivity index (χ0v) is 20.0. The Morgan fingerprint density at radius 3 is 2.76 bits per heavy atom. The molecule has 8 heteroatoms. The van der Waals surface area contributed by atoms with Crippen molar-refractivity contribution in [2.45, 2.75) is 38.5 Å². The third kappa shape index (κ3) is 5.63. The summed E-state index contributed by atoms with van der Waals surface area (Å²) in [6.07, 6.45) is 2.64. The van der Waals surface area contributed by atoms with Crippen molar-refractivity contribution in [3.05, 3.63) is 76.2 Å². The van der Waals surface area contributed by atoms with Crippen LogP contribution in [-0.4, -0.2) is 40.5 Å². The van der Waals surface area contributed by atoms with Crippen LogP contribution >= 0.6 is 15.9 Å². The van der Waals surface area contributed by atoms with E-state index >= 15 is 0 Å². The third-order valence-corrected chi connectivity index (χ3v) is 6.27. The van der Waals surface area contributed by atoms with E-state index in [0.29, 0.717) is 25.3 Å². The predicted molar refractivity (Wildman–Crippen MR) is 129 cm³/mol. The molecule has 174 valence electrons. The van der Waals surface area contributed by atoms with Crippen molar-refractivity contribution in [3.8, 4) is 0 Å². The Hall–Kier alpha value is -2.68. The number of fused-ring (bicyclic) bond motifs is 1. The van der Waals surface area contributed by atoms with E-state index in [1.165, 1.54) is 0 Å². The maximum atomic E-state index is 13.0. The van der Waals surface area contributed by atoms with Crippen LogP contribution in [0.4, 0.5) is 0 Å². The zero-order chi connectivity index (χ0) is 23.2. The number of H-pyrrole nitrogens is 1. The van der Waals surface area contributed by atoms with Crippen LogP contribution in [0.25, 0.3) is 11.0 Å². The van der Waals surface area contributed by atoms with Crippen LogP contribution < -0.4 is 5.32 Å². The summed E-state index contributed by atoms with van der Waals surface area (Å²) in [5.74, 6) is 0.486. The molecule has 1 aromatic heterocycles. The summed E-state index contributed by atoms with van der Waals surface area (Å²) in [4.78, 5) is 20.8. The number of hydrogen-bond acceptors (Lipinski definition) is 5. The SMILES string of the molecule is CCO[C@@H]1OC(C(=O)NCc2nc3ccccc3[nH]2)=C[C@H](c2ccc(Br)cc2)[C@@H]1CCCO. The number of amides is 1. The quantitative estimate of drug-likeness (QED) is 0.394. The van der Waals surface area contributed by atoms with E-state index in [1.807, 2.05) is 61.5 Å². The number of halogens is 1. The molecule has 1 aliphatic rings. The maximum absolute atomic E-state index is 13.0. The Morgan fingerprint density at radius 1 is 1.24 bits per heavy atom. The van der Waals surface area contributed by atoms with Gasteiger partial charge in [0.15, 0.2) is 5.76 Å². The number of benzene rings is 2. The van der Waals surface area contributed by atoms with Crippen molar-refractivity contribution in [2.75, 3.05) is 13.2 Å². The van der Waals surface area contributed by atoms with Crippen molar-refractivity contribution in [3.63, 3.8) is 0 Å². The molecule has 1 amide bonds. The molecule has 0 bridgehead atoms. The predicted octanol–water partition coefficient (Wildman–Crippen LogP) is 4.39. The lowest BCUT2D eigenvalue weighted by atomic mass is 9.80. The van der Waals surface area contributed by atoms with Crippen LogP contribution in [0.3, 0.4) is 0 Å². The van der Waals surface area contributed by atoms with E-state index in [2.05, 4.69) is 31.2 Å². The van der Waals surface area contributed by atoms with Gasteiger partial charge in [-0.1, -0.05) is 40.2 Å². The molecule has 0 aliphatic carbocycles. The average Bonchev–Trinajstić information content (AvgIpc) is 3.25. The molecule has 2 heterocycles. The summed E-state index contributed by atoms with van der Waals surface area (Å²) in [6.45, 7) is 2.71. The number of allylic oxidation sites excluding steroid dienone is 1. The topological polar surface area (TPSA) is 96.5 Å². The molecule has 1 aliphatic heterocycles. The molecule has 0 saturated heterocycles. The number of aromatic amines is 1. The van der Waals surface area contributed by atoms with Crippen LogP contribution in [-0.2, 0) is 20.8 Å². The van der Waals surface area contributed by atoms with Crippen molar-refractivity contribution in [2.24, 2.45) is 5.92 Å². The first kappa shape index (κ1) is 23.5. The molecule has 3 atom stereocenters. The summed E-state index contributed by atoms with van der Waals surface area (Å²) < 4.78 is 12.9. The number of aromatic nitrogens is 2. The molecule has 3 aromatic rings. The number of carbonyl (C=O) groups excluding carboxylic acids is 1. The Morgan fingerprint density at radius 2 is 2.03 bits per heavy atom. The lowest BCUT2D eigenvalue weighted by molar-refractivity contribution is -0.166. The smallest absolute Gasteiger partial charge is 0.286 e. The molecule has 0 spiro atoms. The van der Waals surface area contributed by atoms with Gasteiger partial charge < -0.3 is 24.9 Å². The van der Waals surface area contributed by atoms with Crippen molar-refractivity contribution in [1.82, 2.24) is 15.3 Å². The van der Waals surface area contributed by atoms with Gasteiger partial charge in [-0.2, -0.15) is 0 Å². The molecular formula is C25H28BrN3O4. The number of carbonyl (C=O) groups is 1. The second-order valence-corrected chi connectivity index (χ2v) is 8.88. The molecule has 33 heavy (non-hydrogen) atoms. The average molecular weight is 514 g/mol. The third-order valence-electron chi connectivity index (χ3n) is 5.74. The zero-order valence-electron chi connectivity index (χ0n) is 18.5. The second-order valence-electron chi connectivity index (χ2n) is 7.96. The number of hydrogen-bond donors (Lipinski definition) is 3. The van der Waals surface area contributed by atoms with Crippen LogP contribution in [0.1, 0.15) is 37.1 Å². The van der Waals surface area contributed by atoms with E-state index in [4.69, 9.17) is 9.47 Å². The van der Waals surface area contributed by atoms with E-state index in [1.54, 1.807) is 0 Å². The summed E-state index contributed by atoms with van der Waals surface area (Å²) in [5.41, 5.74) is 2.85. The number of rotatable bonds is 9. The highest BCUT2D eigenvalue weighted by atomic mass is 79.9. The fourth-order valence-corrected chi connectivity index (χ4v) is 4.43. The van der Waals surface area contributed by atoms with Gasteiger partial charge in [-0.25, -0.2) is 4.98 Å². The summed E-state index contributed by atoms with van der Waals surface area (Å²) >= 11 is 3.48. The van der Waals surface area contributed by atoms with Crippen LogP contribution in [0.15, 0.2) is 64.8 Å². The Kier molecular flexibility index (Phi) is 7.80. The second kappa shape index (κ2) is 11.0. The normalized spacial score (nSPS) is 20.3. The largest absolute Gasteiger partial charge is 0.459 e. The highest BCUT2D eigenvalue weighted by molar-refractivity contribution is 9.10. The van der Waals surface area contributed by atoms with E-state index in [-0.39, 0.29) is 36.7 Å². The fourth-order valence-electron chi connectivity index (χ4n) is 4.17. The first-order valence-electron chi connectivity index (χ1n) is 11.2. The van der Waals surface area contributed by atoms with Gasteiger partial charge in [-0.15, -0.1) is 0 Å². The summed E-state index contributed by atoms with van der Waals surface area (Å²) in [6, 6.07) is 15.8. The number of ether oxygens (including phenoxy) is 2. The lowest BCUT2D eigenvalue weighted by Gasteiger charge is -2.37. The Balaban J connectivity index is 1.56. The van der Waals surface area contributed by atoms with Gasteiger partial charge in [-0.05, 0) is 55.7 Å². The molecule has 0 saturated carbocycles. The number of nitrogens with one attached hydrogen (secondary N) is 2. The monoisotopic (exact) mass is 513 g/mol. The Bertz CT molecular complexity index is 1080. The van der Waals surface area contributed by atoms with E-state index < -0.39 is 6.29 Å². The molecule has 3 N–H and O–H groups in total. The van der Waals surface area contributed by atoms with Gasteiger partial charge in [0, 0.05) is 29.5 Å². The van der Waals surface area contributed by atoms with E-state index in [9.17, 15) is 9.90 Å². The minimum atomic E-state index is -0.577. The van der Waals surface area contributed by atoms with Gasteiger partial charge >= 0.3 is 0 Å². The van der Waals surface area contributed by atoms with Crippen LogP contribution in [0.2, 0.25) is 0 Å². The fraction of sp³-hybridized carbons (Fsp3) is 0.360. The minimum Gasteiger partial charge on any atom is -0.459 e. The van der Waals surface area contributed by atoms with Crippen molar-refractivity contribution >= 4 is 32.9 Å². The number of para-hydroxylation sites is 2. The van der Waals surface area contributed by atoms with Gasteiger partial charge in [-0.3, -0.25) is 4.79 Å². The molecule has 4 rings (SSSR count).